The average Bonchev–Trinajstić information content (AvgIpc) is 3.49. The lowest BCUT2D eigenvalue weighted by molar-refractivity contribution is -0.127. The van der Waals surface area contributed by atoms with E-state index in [0.29, 0.717) is 37.2 Å². The normalized spacial score (nSPS) is 14.1. The summed E-state index contributed by atoms with van der Waals surface area (Å²) in [6.07, 6.45) is 4.32. The van der Waals surface area contributed by atoms with Crippen molar-refractivity contribution in [3.05, 3.63) is 30.6 Å². The molecule has 10 nitrogen and oxygen atoms in total. The molecule has 2 N–H and O–H groups in total. The molecule has 0 saturated carbocycles. The van der Waals surface area contributed by atoms with E-state index in [1.54, 1.807) is 6.33 Å². The molecule has 0 unspecified atom stereocenters. The van der Waals surface area contributed by atoms with Gasteiger partial charge >= 0.3 is 0 Å². The van der Waals surface area contributed by atoms with E-state index in [0.717, 1.165) is 48.1 Å². The number of aryl methyl sites for hydroxylation is 1. The van der Waals surface area contributed by atoms with Crippen molar-refractivity contribution in [3.8, 4) is 0 Å². The van der Waals surface area contributed by atoms with Gasteiger partial charge in [0.05, 0.1) is 17.4 Å². The number of hydrogen-bond donors (Lipinski definition) is 2. The minimum atomic E-state index is 0.221. The number of aromatic nitrogens is 6. The third kappa shape index (κ3) is 3.72. The summed E-state index contributed by atoms with van der Waals surface area (Å²) in [6, 6.07) is 7.97. The monoisotopic (exact) mass is 433 g/mol. The number of fused-ring (bicyclic) bond motifs is 2. The van der Waals surface area contributed by atoms with Crippen LogP contribution in [0.4, 0.5) is 17.7 Å². The van der Waals surface area contributed by atoms with Gasteiger partial charge in [0.1, 0.15) is 0 Å². The van der Waals surface area contributed by atoms with E-state index in [9.17, 15) is 4.79 Å². The van der Waals surface area contributed by atoms with Gasteiger partial charge in [-0.1, -0.05) is 19.1 Å². The lowest BCUT2D eigenvalue weighted by Crippen LogP contribution is -2.28. The van der Waals surface area contributed by atoms with Crippen molar-refractivity contribution < 1.29 is 4.79 Å². The molecule has 0 bridgehead atoms. The van der Waals surface area contributed by atoms with Crippen LogP contribution in [0, 0.1) is 0 Å². The molecule has 1 amide bonds. The first-order valence-corrected chi connectivity index (χ1v) is 11.1. The van der Waals surface area contributed by atoms with Crippen LogP contribution in [0.2, 0.25) is 0 Å². The fourth-order valence-corrected chi connectivity index (χ4v) is 4.06. The standard InChI is InChI=1S/C22H27N9O/c1-3-10-23-19-18-20(31(14-24-18)13-12-30-11-6-9-17(30)32)27-21(26-19)28-22-25-15-7-4-5-8-16(15)29(22)2/h4-5,7-8,14H,3,6,9-13H2,1-2H3,(H2,23,25,26,27,28). The van der Waals surface area contributed by atoms with Crippen molar-refractivity contribution in [1.29, 1.82) is 0 Å². The second-order valence-corrected chi connectivity index (χ2v) is 8.03. The zero-order valence-electron chi connectivity index (χ0n) is 18.4. The van der Waals surface area contributed by atoms with Crippen molar-refractivity contribution in [2.24, 2.45) is 7.05 Å². The first-order chi connectivity index (χ1) is 15.6. The Morgan fingerprint density at radius 1 is 1.12 bits per heavy atom. The molecule has 32 heavy (non-hydrogen) atoms. The highest BCUT2D eigenvalue weighted by Gasteiger charge is 2.21. The van der Waals surface area contributed by atoms with E-state index in [2.05, 4.69) is 32.5 Å². The van der Waals surface area contributed by atoms with Gasteiger partial charge in [-0.3, -0.25) is 10.1 Å². The molecular formula is C22H27N9O. The van der Waals surface area contributed by atoms with Gasteiger partial charge < -0.3 is 19.4 Å². The molecule has 1 aliphatic rings. The minimum absolute atomic E-state index is 0.221. The number of imidazole rings is 2. The Morgan fingerprint density at radius 2 is 2.00 bits per heavy atom. The van der Waals surface area contributed by atoms with Crippen molar-refractivity contribution in [3.63, 3.8) is 0 Å². The fraction of sp³-hybridized carbons (Fsp3) is 0.409. The van der Waals surface area contributed by atoms with E-state index in [1.807, 2.05) is 45.3 Å². The number of rotatable bonds is 8. The Kier molecular flexibility index (Phi) is 5.34. The molecule has 10 heteroatoms. The van der Waals surface area contributed by atoms with Crippen LogP contribution < -0.4 is 10.6 Å². The number of amides is 1. The predicted octanol–water partition coefficient (Wildman–Crippen LogP) is 2.90. The van der Waals surface area contributed by atoms with Crippen molar-refractivity contribution >= 4 is 45.8 Å². The number of carbonyl (C=O) groups excluding carboxylic acids is 1. The number of para-hydroxylation sites is 2. The summed E-state index contributed by atoms with van der Waals surface area (Å²) in [4.78, 5) is 32.6. The highest BCUT2D eigenvalue weighted by molar-refractivity contribution is 5.85. The SMILES string of the molecule is CCCNc1nc(Nc2nc3ccccc3n2C)nc2c1ncn2CCN1CCCC1=O. The van der Waals surface area contributed by atoms with Crippen molar-refractivity contribution in [2.75, 3.05) is 30.3 Å². The van der Waals surface area contributed by atoms with Gasteiger partial charge in [0.2, 0.25) is 17.8 Å². The first kappa shape index (κ1) is 20.2. The van der Waals surface area contributed by atoms with Crippen LogP contribution in [0.3, 0.4) is 0 Å². The van der Waals surface area contributed by atoms with Crippen LogP contribution in [0.5, 0.6) is 0 Å². The molecule has 0 atom stereocenters. The maximum Gasteiger partial charge on any atom is 0.233 e. The number of hydrogen-bond acceptors (Lipinski definition) is 7. The molecule has 1 fully saturated rings. The van der Waals surface area contributed by atoms with E-state index in [1.165, 1.54) is 0 Å². The molecule has 4 aromatic rings. The van der Waals surface area contributed by atoms with Crippen LogP contribution in [0.15, 0.2) is 30.6 Å². The molecule has 0 aliphatic carbocycles. The molecular weight excluding hydrogens is 406 g/mol. The molecule has 0 spiro atoms. The summed E-state index contributed by atoms with van der Waals surface area (Å²) in [5.41, 5.74) is 3.39. The maximum atomic E-state index is 12.0. The zero-order chi connectivity index (χ0) is 22.1. The van der Waals surface area contributed by atoms with Crippen LogP contribution in [0.25, 0.3) is 22.2 Å². The van der Waals surface area contributed by atoms with E-state index < -0.39 is 0 Å². The van der Waals surface area contributed by atoms with Gasteiger partial charge in [0, 0.05) is 39.6 Å². The van der Waals surface area contributed by atoms with Crippen LogP contribution in [0.1, 0.15) is 26.2 Å². The van der Waals surface area contributed by atoms with Crippen LogP contribution in [-0.4, -0.2) is 59.5 Å². The second kappa shape index (κ2) is 8.45. The highest BCUT2D eigenvalue weighted by Crippen LogP contribution is 2.24. The quantitative estimate of drug-likeness (QED) is 0.440. The van der Waals surface area contributed by atoms with Crippen LogP contribution in [-0.2, 0) is 18.4 Å². The topological polar surface area (TPSA) is 106 Å². The molecule has 5 rings (SSSR count). The minimum Gasteiger partial charge on any atom is -0.368 e. The summed E-state index contributed by atoms with van der Waals surface area (Å²) in [6.45, 7) is 5.00. The number of likely N-dealkylation sites (tertiary alicyclic amines) is 1. The number of nitrogens with one attached hydrogen (secondary N) is 2. The highest BCUT2D eigenvalue weighted by atomic mass is 16.2. The van der Waals surface area contributed by atoms with Gasteiger partial charge in [-0.2, -0.15) is 9.97 Å². The summed E-state index contributed by atoms with van der Waals surface area (Å²) in [7, 11) is 1.96. The van der Waals surface area contributed by atoms with Gasteiger partial charge in [0.25, 0.3) is 0 Å². The number of anilines is 3. The Labute approximate surface area is 185 Å². The Morgan fingerprint density at radius 3 is 2.78 bits per heavy atom. The van der Waals surface area contributed by atoms with E-state index in [4.69, 9.17) is 4.98 Å². The maximum absolute atomic E-state index is 12.0. The van der Waals surface area contributed by atoms with Crippen molar-refractivity contribution in [2.45, 2.75) is 32.7 Å². The summed E-state index contributed by atoms with van der Waals surface area (Å²) in [5, 5.41) is 6.64. The van der Waals surface area contributed by atoms with Gasteiger partial charge in [-0.05, 0) is 25.0 Å². The summed E-state index contributed by atoms with van der Waals surface area (Å²) in [5.74, 6) is 2.03. The molecule has 4 heterocycles. The molecule has 1 aliphatic heterocycles. The van der Waals surface area contributed by atoms with E-state index in [-0.39, 0.29) is 5.91 Å². The largest absolute Gasteiger partial charge is 0.368 e. The van der Waals surface area contributed by atoms with Gasteiger partial charge in [-0.15, -0.1) is 0 Å². The Hall–Kier alpha value is -3.69. The molecule has 0 radical (unpaired) electrons. The average molecular weight is 434 g/mol. The molecule has 3 aromatic heterocycles. The molecule has 1 aromatic carbocycles. The first-order valence-electron chi connectivity index (χ1n) is 11.1. The second-order valence-electron chi connectivity index (χ2n) is 8.03. The van der Waals surface area contributed by atoms with Gasteiger partial charge in [-0.25, -0.2) is 9.97 Å². The summed E-state index contributed by atoms with van der Waals surface area (Å²) < 4.78 is 3.97. The van der Waals surface area contributed by atoms with Crippen LogP contribution >= 0.6 is 0 Å². The third-order valence-corrected chi connectivity index (χ3v) is 5.80. The predicted molar refractivity (Wildman–Crippen MR) is 124 cm³/mol. The Bertz CT molecular complexity index is 1280. The number of benzene rings is 1. The zero-order valence-corrected chi connectivity index (χ0v) is 18.4. The Balaban J connectivity index is 1.48. The third-order valence-electron chi connectivity index (χ3n) is 5.80. The van der Waals surface area contributed by atoms with Gasteiger partial charge in [0.15, 0.2) is 17.0 Å². The number of carbonyl (C=O) groups is 1. The lowest BCUT2D eigenvalue weighted by atomic mass is 10.3. The molecule has 1 saturated heterocycles. The fourth-order valence-electron chi connectivity index (χ4n) is 4.06. The number of nitrogens with zero attached hydrogens (tertiary/aromatic N) is 7. The van der Waals surface area contributed by atoms with E-state index >= 15 is 0 Å². The van der Waals surface area contributed by atoms with Crippen molar-refractivity contribution in [1.82, 2.24) is 34.0 Å². The lowest BCUT2D eigenvalue weighted by Gasteiger charge is -2.16. The smallest absolute Gasteiger partial charge is 0.233 e. The summed E-state index contributed by atoms with van der Waals surface area (Å²) >= 11 is 0. The molecule has 166 valence electrons.